The maximum absolute atomic E-state index is 12.3. The Kier molecular flexibility index (Phi) is 7.24. The van der Waals surface area contributed by atoms with Crippen LogP contribution in [-0.4, -0.2) is 55.4 Å². The predicted octanol–water partition coefficient (Wildman–Crippen LogP) is 0.799. The minimum absolute atomic E-state index is 0.0348. The lowest BCUT2D eigenvalue weighted by Gasteiger charge is -2.19. The van der Waals surface area contributed by atoms with Gasteiger partial charge >= 0.3 is 0 Å². The van der Waals surface area contributed by atoms with Gasteiger partial charge in [0.1, 0.15) is 4.99 Å². The van der Waals surface area contributed by atoms with Crippen LogP contribution in [0.15, 0.2) is 29.2 Å². The van der Waals surface area contributed by atoms with E-state index >= 15 is 0 Å². The monoisotopic (exact) mass is 330 g/mol. The molecule has 1 aromatic rings. The molecule has 0 aromatic heterocycles. The van der Waals surface area contributed by atoms with Crippen LogP contribution in [0.5, 0.6) is 0 Å². The molecule has 0 spiro atoms. The average molecular weight is 330 g/mol. The van der Waals surface area contributed by atoms with E-state index < -0.39 is 9.84 Å². The van der Waals surface area contributed by atoms with Crippen LogP contribution >= 0.6 is 12.2 Å². The van der Waals surface area contributed by atoms with E-state index in [1.165, 1.54) is 6.07 Å². The van der Waals surface area contributed by atoms with Crippen LogP contribution in [0.4, 0.5) is 0 Å². The lowest BCUT2D eigenvalue weighted by molar-refractivity contribution is 0.237. The third kappa shape index (κ3) is 5.70. The molecule has 0 unspecified atom stereocenters. The van der Waals surface area contributed by atoms with Crippen LogP contribution in [0.1, 0.15) is 18.9 Å². The number of rotatable bonds is 9. The zero-order valence-corrected chi connectivity index (χ0v) is 13.8. The van der Waals surface area contributed by atoms with Crippen molar-refractivity contribution in [2.45, 2.75) is 18.2 Å². The second-order valence-electron chi connectivity index (χ2n) is 4.72. The Morgan fingerprint density at radius 1 is 1.38 bits per heavy atom. The fraction of sp³-hybridized carbons (Fsp3) is 0.500. The van der Waals surface area contributed by atoms with Crippen molar-refractivity contribution in [2.24, 2.45) is 5.73 Å². The van der Waals surface area contributed by atoms with Crippen LogP contribution < -0.4 is 5.73 Å². The Labute approximate surface area is 131 Å². The van der Waals surface area contributed by atoms with Gasteiger partial charge in [-0.3, -0.25) is 0 Å². The normalized spacial score (nSPS) is 11.8. The van der Waals surface area contributed by atoms with Gasteiger partial charge in [0, 0.05) is 25.3 Å². The van der Waals surface area contributed by atoms with Crippen molar-refractivity contribution in [3.63, 3.8) is 0 Å². The summed E-state index contributed by atoms with van der Waals surface area (Å²) in [6.45, 7) is 3.96. The van der Waals surface area contributed by atoms with Crippen LogP contribution in [0.2, 0.25) is 0 Å². The van der Waals surface area contributed by atoms with Crippen molar-refractivity contribution in [3.8, 4) is 0 Å². The van der Waals surface area contributed by atoms with Crippen LogP contribution in [0.25, 0.3) is 0 Å². The summed E-state index contributed by atoms with van der Waals surface area (Å²) in [6.07, 6.45) is 0.644. The molecule has 0 bridgehead atoms. The van der Waals surface area contributed by atoms with E-state index in [1.54, 1.807) is 18.2 Å². The highest BCUT2D eigenvalue weighted by atomic mass is 32.2. The topological polar surface area (TPSA) is 83.6 Å². The number of hydrogen-bond donors (Lipinski definition) is 2. The highest BCUT2D eigenvalue weighted by molar-refractivity contribution is 7.91. The van der Waals surface area contributed by atoms with Crippen LogP contribution in [0, 0.1) is 0 Å². The largest absolute Gasteiger partial charge is 0.396 e. The van der Waals surface area contributed by atoms with Crippen LogP contribution in [0.3, 0.4) is 0 Å². The van der Waals surface area contributed by atoms with E-state index in [0.717, 1.165) is 6.54 Å². The third-order valence-corrected chi connectivity index (χ3v) is 5.16. The molecule has 1 rings (SSSR count). The lowest BCUT2D eigenvalue weighted by atomic mass is 10.2. The molecule has 0 aliphatic rings. The number of nitrogens with two attached hydrogens (primary N) is 1. The first-order valence-corrected chi connectivity index (χ1v) is 8.92. The van der Waals surface area contributed by atoms with Crippen molar-refractivity contribution in [1.82, 2.24) is 4.90 Å². The molecule has 0 atom stereocenters. The average Bonchev–Trinajstić information content (AvgIpc) is 2.47. The van der Waals surface area contributed by atoms with Gasteiger partial charge in [-0.25, -0.2) is 8.42 Å². The highest BCUT2D eigenvalue weighted by Gasteiger charge is 2.16. The molecule has 1 aromatic carbocycles. The maximum Gasteiger partial charge on any atom is 0.179 e. The highest BCUT2D eigenvalue weighted by Crippen LogP contribution is 2.14. The van der Waals surface area contributed by atoms with Gasteiger partial charge in [-0.1, -0.05) is 31.3 Å². The summed E-state index contributed by atoms with van der Waals surface area (Å²) < 4.78 is 24.7. The lowest BCUT2D eigenvalue weighted by Crippen LogP contribution is -2.30. The van der Waals surface area contributed by atoms with Gasteiger partial charge < -0.3 is 15.7 Å². The summed E-state index contributed by atoms with van der Waals surface area (Å²) in [6, 6.07) is 6.41. The van der Waals surface area contributed by atoms with Crippen LogP contribution in [-0.2, 0) is 9.84 Å². The summed E-state index contributed by atoms with van der Waals surface area (Å²) in [5, 5.41) is 8.83. The molecule has 0 fully saturated rings. The van der Waals surface area contributed by atoms with Gasteiger partial charge in [-0.15, -0.1) is 0 Å². The molecular formula is C14H22N2O3S2. The van der Waals surface area contributed by atoms with Crippen molar-refractivity contribution >= 4 is 27.0 Å². The molecule has 0 heterocycles. The number of benzene rings is 1. The smallest absolute Gasteiger partial charge is 0.179 e. The summed E-state index contributed by atoms with van der Waals surface area (Å²) in [5.41, 5.74) is 6.08. The standard InChI is InChI=1S/C14H22N2O3S2/c1-2-16(7-4-9-17)8-10-21(18,19)13-6-3-5-12(11-13)14(15)20/h3,5-6,11,17H,2,4,7-10H2,1H3,(H2,15,20). The zero-order chi connectivity index (χ0) is 15.9. The van der Waals surface area contributed by atoms with Crippen molar-refractivity contribution in [2.75, 3.05) is 32.0 Å². The van der Waals surface area contributed by atoms with Gasteiger partial charge in [0.15, 0.2) is 9.84 Å². The van der Waals surface area contributed by atoms with E-state index in [1.807, 2.05) is 11.8 Å². The fourth-order valence-electron chi connectivity index (χ4n) is 1.93. The number of thiocarbonyl (C=S) groups is 1. The van der Waals surface area contributed by atoms with E-state index in [-0.39, 0.29) is 22.2 Å². The number of aliphatic hydroxyl groups is 1. The molecule has 5 nitrogen and oxygen atoms in total. The molecule has 0 saturated carbocycles. The Morgan fingerprint density at radius 3 is 2.67 bits per heavy atom. The Bertz CT molecular complexity index is 573. The first kappa shape index (κ1) is 18.0. The van der Waals surface area contributed by atoms with Gasteiger partial charge in [-0.2, -0.15) is 0 Å². The Balaban J connectivity index is 2.77. The fourth-order valence-corrected chi connectivity index (χ4v) is 3.39. The predicted molar refractivity (Wildman–Crippen MR) is 88.2 cm³/mol. The quantitative estimate of drug-likeness (QED) is 0.652. The van der Waals surface area contributed by atoms with Gasteiger partial charge in [0.05, 0.1) is 10.6 Å². The molecule has 7 heteroatoms. The molecule has 3 N–H and O–H groups in total. The Hall–Kier alpha value is -1.02. The second-order valence-corrected chi connectivity index (χ2v) is 7.27. The van der Waals surface area contributed by atoms with Crippen molar-refractivity contribution in [1.29, 1.82) is 0 Å². The molecular weight excluding hydrogens is 308 g/mol. The number of sulfone groups is 1. The van der Waals surface area contributed by atoms with Gasteiger partial charge in [-0.05, 0) is 25.1 Å². The van der Waals surface area contributed by atoms with Gasteiger partial charge in [0.2, 0.25) is 0 Å². The number of nitrogens with zero attached hydrogens (tertiary/aromatic N) is 1. The Morgan fingerprint density at radius 2 is 2.10 bits per heavy atom. The minimum atomic E-state index is -3.37. The molecule has 0 radical (unpaired) electrons. The third-order valence-electron chi connectivity index (χ3n) is 3.23. The molecule has 0 aliphatic carbocycles. The van der Waals surface area contributed by atoms with E-state index in [2.05, 4.69) is 0 Å². The van der Waals surface area contributed by atoms with E-state index in [9.17, 15) is 8.42 Å². The summed E-state index contributed by atoms with van der Waals surface area (Å²) in [4.78, 5) is 2.43. The summed E-state index contributed by atoms with van der Waals surface area (Å²) in [5.74, 6) is 0.0348. The van der Waals surface area contributed by atoms with E-state index in [4.69, 9.17) is 23.1 Å². The second kappa shape index (κ2) is 8.43. The maximum atomic E-state index is 12.3. The summed E-state index contributed by atoms with van der Waals surface area (Å²) in [7, 11) is -3.37. The first-order chi connectivity index (χ1) is 9.90. The minimum Gasteiger partial charge on any atom is -0.396 e. The zero-order valence-electron chi connectivity index (χ0n) is 12.2. The molecule has 118 valence electrons. The number of aliphatic hydroxyl groups excluding tert-OH is 1. The SMILES string of the molecule is CCN(CCCO)CCS(=O)(=O)c1cccc(C(N)=S)c1. The van der Waals surface area contributed by atoms with Crippen molar-refractivity contribution < 1.29 is 13.5 Å². The molecule has 21 heavy (non-hydrogen) atoms. The van der Waals surface area contributed by atoms with Crippen molar-refractivity contribution in [3.05, 3.63) is 29.8 Å². The van der Waals surface area contributed by atoms with Gasteiger partial charge in [0.25, 0.3) is 0 Å². The number of hydrogen-bond acceptors (Lipinski definition) is 5. The first-order valence-electron chi connectivity index (χ1n) is 6.86. The van der Waals surface area contributed by atoms with E-state index in [0.29, 0.717) is 25.1 Å². The molecule has 0 amide bonds. The summed E-state index contributed by atoms with van der Waals surface area (Å²) >= 11 is 4.87. The molecule has 0 saturated heterocycles. The molecule has 0 aliphatic heterocycles.